The predicted octanol–water partition coefficient (Wildman–Crippen LogP) is 2.62. The first kappa shape index (κ1) is 16.0. The summed E-state index contributed by atoms with van der Waals surface area (Å²) in [4.78, 5) is 25.0. The quantitative estimate of drug-likeness (QED) is 0.842. The summed E-state index contributed by atoms with van der Waals surface area (Å²) in [6.45, 7) is 1.76. The largest absolute Gasteiger partial charge is 0.370 e. The van der Waals surface area contributed by atoms with E-state index < -0.39 is 21.5 Å². The van der Waals surface area contributed by atoms with E-state index in [2.05, 4.69) is 0 Å². The SMILES string of the molecule is CC1(C(=O)N(CCC(N)=O)c2ccc(F)cc2)CC1(Cl)Cl. The van der Waals surface area contributed by atoms with Gasteiger partial charge in [0.25, 0.3) is 0 Å². The first-order valence-corrected chi connectivity index (χ1v) is 7.17. The topological polar surface area (TPSA) is 63.4 Å². The molecule has 1 aromatic carbocycles. The highest BCUT2D eigenvalue weighted by Crippen LogP contribution is 2.64. The third-order valence-electron chi connectivity index (χ3n) is 3.70. The minimum atomic E-state index is -1.12. The molecule has 0 saturated heterocycles. The highest BCUT2D eigenvalue weighted by Gasteiger charge is 2.68. The fourth-order valence-corrected chi connectivity index (χ4v) is 2.82. The normalized spacial score (nSPS) is 22.7. The van der Waals surface area contributed by atoms with Crippen LogP contribution < -0.4 is 10.6 Å². The van der Waals surface area contributed by atoms with Crippen molar-refractivity contribution in [2.24, 2.45) is 11.1 Å². The standard InChI is InChI=1S/C14H15Cl2FN2O2/c1-13(8-14(13,15)16)12(21)19(7-6-11(18)20)10-4-2-9(17)3-5-10/h2-5H,6-8H2,1H3,(H2,18,20). The van der Waals surface area contributed by atoms with Gasteiger partial charge in [0, 0.05) is 18.7 Å². The third kappa shape index (κ3) is 3.14. The minimum Gasteiger partial charge on any atom is -0.370 e. The molecule has 1 unspecified atom stereocenters. The van der Waals surface area contributed by atoms with E-state index in [1.165, 1.54) is 29.2 Å². The van der Waals surface area contributed by atoms with Crippen molar-refractivity contribution < 1.29 is 14.0 Å². The number of amides is 2. The minimum absolute atomic E-state index is 0.00321. The molecule has 1 aromatic rings. The molecule has 2 amide bonds. The fourth-order valence-electron chi connectivity index (χ4n) is 2.12. The van der Waals surface area contributed by atoms with Gasteiger partial charge in [0.05, 0.1) is 5.41 Å². The van der Waals surface area contributed by atoms with Crippen LogP contribution in [0.5, 0.6) is 0 Å². The van der Waals surface area contributed by atoms with Gasteiger partial charge >= 0.3 is 0 Å². The first-order chi connectivity index (χ1) is 9.67. The molecule has 1 atom stereocenters. The zero-order valence-corrected chi connectivity index (χ0v) is 12.9. The van der Waals surface area contributed by atoms with Gasteiger partial charge in [0.2, 0.25) is 11.8 Å². The zero-order chi connectivity index (χ0) is 15.8. The maximum absolute atomic E-state index is 13.0. The van der Waals surface area contributed by atoms with Crippen molar-refractivity contribution in [2.75, 3.05) is 11.4 Å². The van der Waals surface area contributed by atoms with E-state index in [0.29, 0.717) is 12.1 Å². The molecule has 21 heavy (non-hydrogen) atoms. The second kappa shape index (κ2) is 5.46. The lowest BCUT2D eigenvalue weighted by molar-refractivity contribution is -0.123. The Morgan fingerprint density at radius 2 is 1.86 bits per heavy atom. The lowest BCUT2D eigenvalue weighted by atomic mass is 10.1. The van der Waals surface area contributed by atoms with Gasteiger partial charge in [0.15, 0.2) is 0 Å². The average Bonchev–Trinajstić information content (AvgIpc) is 2.91. The van der Waals surface area contributed by atoms with Crippen LogP contribution in [0.2, 0.25) is 0 Å². The molecule has 7 heteroatoms. The van der Waals surface area contributed by atoms with Crippen molar-refractivity contribution in [1.82, 2.24) is 0 Å². The number of hydrogen-bond acceptors (Lipinski definition) is 2. The molecule has 0 aromatic heterocycles. The monoisotopic (exact) mass is 332 g/mol. The zero-order valence-electron chi connectivity index (χ0n) is 11.4. The number of hydrogen-bond donors (Lipinski definition) is 1. The average molecular weight is 333 g/mol. The van der Waals surface area contributed by atoms with Gasteiger partial charge < -0.3 is 10.6 Å². The van der Waals surface area contributed by atoms with Crippen molar-refractivity contribution in [3.8, 4) is 0 Å². The van der Waals surface area contributed by atoms with Gasteiger partial charge in [0.1, 0.15) is 10.2 Å². The molecule has 4 nitrogen and oxygen atoms in total. The van der Waals surface area contributed by atoms with Gasteiger partial charge in [-0.2, -0.15) is 0 Å². The summed E-state index contributed by atoms with van der Waals surface area (Å²) < 4.78 is 11.9. The van der Waals surface area contributed by atoms with Crippen LogP contribution in [0, 0.1) is 11.2 Å². The van der Waals surface area contributed by atoms with Crippen LogP contribution in [0.3, 0.4) is 0 Å². The first-order valence-electron chi connectivity index (χ1n) is 6.41. The van der Waals surface area contributed by atoms with Crippen LogP contribution in [0.4, 0.5) is 10.1 Å². The molecule has 1 fully saturated rings. The van der Waals surface area contributed by atoms with Gasteiger partial charge in [-0.05, 0) is 37.6 Å². The summed E-state index contributed by atoms with van der Waals surface area (Å²) in [5.74, 6) is -1.25. The molecule has 0 spiro atoms. The summed E-state index contributed by atoms with van der Waals surface area (Å²) in [7, 11) is 0. The number of halogens is 3. The van der Waals surface area contributed by atoms with Gasteiger partial charge in [-0.25, -0.2) is 4.39 Å². The van der Waals surface area contributed by atoms with Crippen molar-refractivity contribution in [3.05, 3.63) is 30.1 Å². The number of alkyl halides is 2. The number of rotatable bonds is 5. The second-order valence-electron chi connectivity index (χ2n) is 5.36. The van der Waals surface area contributed by atoms with E-state index in [9.17, 15) is 14.0 Å². The van der Waals surface area contributed by atoms with Crippen LogP contribution in [0.15, 0.2) is 24.3 Å². The molecule has 0 aliphatic heterocycles. The predicted molar refractivity (Wildman–Crippen MR) is 79.7 cm³/mol. The Morgan fingerprint density at radius 3 is 2.29 bits per heavy atom. The fraction of sp³-hybridized carbons (Fsp3) is 0.429. The van der Waals surface area contributed by atoms with Crippen LogP contribution in [-0.2, 0) is 9.59 Å². The van der Waals surface area contributed by atoms with E-state index in [0.717, 1.165) is 0 Å². The molecular weight excluding hydrogens is 318 g/mol. The third-order valence-corrected chi connectivity index (χ3v) is 4.80. The molecule has 0 bridgehead atoms. The molecule has 0 heterocycles. The summed E-state index contributed by atoms with van der Waals surface area (Å²) >= 11 is 12.1. The number of carbonyl (C=O) groups is 2. The Balaban J connectivity index is 2.26. The summed E-state index contributed by atoms with van der Waals surface area (Å²) in [6.07, 6.45) is 0.326. The lowest BCUT2D eigenvalue weighted by Gasteiger charge is -2.26. The van der Waals surface area contributed by atoms with Crippen LogP contribution >= 0.6 is 23.2 Å². The molecule has 0 radical (unpaired) electrons. The smallest absolute Gasteiger partial charge is 0.236 e. The molecule has 1 saturated carbocycles. The lowest BCUT2D eigenvalue weighted by Crippen LogP contribution is -2.40. The number of carbonyl (C=O) groups excluding carboxylic acids is 2. The number of primary amides is 1. The Kier molecular flexibility index (Phi) is 4.17. The molecule has 1 aliphatic rings. The highest BCUT2D eigenvalue weighted by atomic mass is 35.5. The van der Waals surface area contributed by atoms with E-state index >= 15 is 0 Å². The Hall–Kier alpha value is -1.33. The summed E-state index contributed by atoms with van der Waals surface area (Å²) in [5, 5.41) is 0. The maximum atomic E-state index is 13.0. The maximum Gasteiger partial charge on any atom is 0.236 e. The molecule has 1 aliphatic carbocycles. The van der Waals surface area contributed by atoms with Crippen LogP contribution in [0.25, 0.3) is 0 Å². The van der Waals surface area contributed by atoms with Crippen molar-refractivity contribution in [1.29, 1.82) is 0 Å². The van der Waals surface area contributed by atoms with Crippen LogP contribution in [0.1, 0.15) is 19.8 Å². The number of nitrogens with two attached hydrogens (primary N) is 1. The second-order valence-corrected chi connectivity index (χ2v) is 6.85. The molecule has 114 valence electrons. The van der Waals surface area contributed by atoms with Gasteiger partial charge in [-0.15, -0.1) is 23.2 Å². The molecule has 2 rings (SSSR count). The number of anilines is 1. The van der Waals surface area contributed by atoms with Gasteiger partial charge in [-0.3, -0.25) is 9.59 Å². The van der Waals surface area contributed by atoms with Crippen LogP contribution in [-0.4, -0.2) is 22.7 Å². The molecule has 2 N–H and O–H groups in total. The Morgan fingerprint density at radius 1 is 1.33 bits per heavy atom. The van der Waals surface area contributed by atoms with E-state index in [-0.39, 0.29) is 18.9 Å². The van der Waals surface area contributed by atoms with E-state index in [4.69, 9.17) is 28.9 Å². The highest BCUT2D eigenvalue weighted by molar-refractivity contribution is 6.53. The summed E-state index contributed by atoms with van der Waals surface area (Å²) in [5.41, 5.74) is 4.69. The number of benzene rings is 1. The molecular formula is C14H15Cl2FN2O2. The van der Waals surface area contributed by atoms with Crippen molar-refractivity contribution in [3.63, 3.8) is 0 Å². The van der Waals surface area contributed by atoms with Crippen molar-refractivity contribution in [2.45, 2.75) is 24.1 Å². The van der Waals surface area contributed by atoms with E-state index in [1.54, 1.807) is 6.92 Å². The Bertz CT molecular complexity index is 577. The van der Waals surface area contributed by atoms with Gasteiger partial charge in [-0.1, -0.05) is 0 Å². The summed E-state index contributed by atoms with van der Waals surface area (Å²) in [6, 6.07) is 5.40. The van der Waals surface area contributed by atoms with Crippen molar-refractivity contribution >= 4 is 40.7 Å². The number of nitrogens with zero attached hydrogens (tertiary/aromatic N) is 1. The van der Waals surface area contributed by atoms with E-state index in [1.807, 2.05) is 0 Å². The Labute approximate surface area is 132 Å².